The molecule has 0 saturated carbocycles. The SMILES string of the molecule is CC(C)(C(=O)O)c1ccc(NC(=O)Cn2cccn2)cc1. The molecule has 0 atom stereocenters. The largest absolute Gasteiger partial charge is 0.481 e. The molecule has 6 nitrogen and oxygen atoms in total. The molecule has 0 aliphatic rings. The van der Waals surface area contributed by atoms with Gasteiger partial charge in [-0.25, -0.2) is 0 Å². The zero-order valence-electron chi connectivity index (χ0n) is 11.9. The predicted molar refractivity (Wildman–Crippen MR) is 78.0 cm³/mol. The number of anilines is 1. The summed E-state index contributed by atoms with van der Waals surface area (Å²) in [7, 11) is 0. The van der Waals surface area contributed by atoms with E-state index in [9.17, 15) is 14.7 Å². The minimum Gasteiger partial charge on any atom is -0.481 e. The van der Waals surface area contributed by atoms with Gasteiger partial charge < -0.3 is 10.4 Å². The molecule has 1 aromatic heterocycles. The molecule has 0 saturated heterocycles. The van der Waals surface area contributed by atoms with Crippen LogP contribution in [-0.2, 0) is 21.5 Å². The van der Waals surface area contributed by atoms with Crippen molar-refractivity contribution in [2.45, 2.75) is 25.8 Å². The van der Waals surface area contributed by atoms with Gasteiger partial charge in [-0.3, -0.25) is 14.3 Å². The molecule has 110 valence electrons. The van der Waals surface area contributed by atoms with Gasteiger partial charge in [0.15, 0.2) is 0 Å². The Kier molecular flexibility index (Phi) is 4.07. The Labute approximate surface area is 122 Å². The first kappa shape index (κ1) is 14.8. The van der Waals surface area contributed by atoms with Crippen LogP contribution in [0, 0.1) is 0 Å². The molecule has 0 bridgehead atoms. The Bertz CT molecular complexity index is 631. The number of carbonyl (C=O) groups is 2. The minimum absolute atomic E-state index is 0.134. The number of carboxylic acid groups (broad SMARTS) is 1. The van der Waals surface area contributed by atoms with Gasteiger partial charge in [-0.1, -0.05) is 12.1 Å². The molecule has 1 heterocycles. The van der Waals surface area contributed by atoms with E-state index < -0.39 is 11.4 Å². The van der Waals surface area contributed by atoms with E-state index in [1.54, 1.807) is 56.6 Å². The van der Waals surface area contributed by atoms with Gasteiger partial charge in [0, 0.05) is 18.1 Å². The molecule has 6 heteroatoms. The van der Waals surface area contributed by atoms with Gasteiger partial charge in [0.2, 0.25) is 5.91 Å². The lowest BCUT2D eigenvalue weighted by molar-refractivity contribution is -0.142. The van der Waals surface area contributed by atoms with Crippen molar-refractivity contribution in [2.75, 3.05) is 5.32 Å². The highest BCUT2D eigenvalue weighted by Gasteiger charge is 2.29. The lowest BCUT2D eigenvalue weighted by Crippen LogP contribution is -2.28. The van der Waals surface area contributed by atoms with Gasteiger partial charge in [-0.05, 0) is 37.6 Å². The molecule has 1 aromatic carbocycles. The molecule has 0 spiro atoms. The summed E-state index contributed by atoms with van der Waals surface area (Å²) in [6.45, 7) is 3.41. The molecule has 0 aliphatic carbocycles. The average molecular weight is 287 g/mol. The number of rotatable bonds is 5. The fourth-order valence-electron chi connectivity index (χ4n) is 1.84. The van der Waals surface area contributed by atoms with Crippen LogP contribution in [-0.4, -0.2) is 26.8 Å². The molecule has 0 fully saturated rings. The molecule has 0 unspecified atom stereocenters. The van der Waals surface area contributed by atoms with Gasteiger partial charge in [0.1, 0.15) is 6.54 Å². The molecular weight excluding hydrogens is 270 g/mol. The maximum Gasteiger partial charge on any atom is 0.313 e. The van der Waals surface area contributed by atoms with Crippen molar-refractivity contribution in [1.29, 1.82) is 0 Å². The molecule has 0 radical (unpaired) electrons. The lowest BCUT2D eigenvalue weighted by Gasteiger charge is -2.19. The second-order valence-electron chi connectivity index (χ2n) is 5.26. The second kappa shape index (κ2) is 5.78. The molecular formula is C15H17N3O3. The highest BCUT2D eigenvalue weighted by molar-refractivity contribution is 5.90. The highest BCUT2D eigenvalue weighted by Crippen LogP contribution is 2.24. The normalized spacial score (nSPS) is 11.1. The summed E-state index contributed by atoms with van der Waals surface area (Å²) in [5.41, 5.74) is 0.342. The van der Waals surface area contributed by atoms with Gasteiger partial charge in [-0.15, -0.1) is 0 Å². The van der Waals surface area contributed by atoms with Crippen molar-refractivity contribution in [1.82, 2.24) is 9.78 Å². The first-order valence-electron chi connectivity index (χ1n) is 6.51. The van der Waals surface area contributed by atoms with Crippen molar-refractivity contribution < 1.29 is 14.7 Å². The summed E-state index contributed by atoms with van der Waals surface area (Å²) < 4.78 is 1.53. The third kappa shape index (κ3) is 3.47. The summed E-state index contributed by atoms with van der Waals surface area (Å²) in [6, 6.07) is 8.55. The average Bonchev–Trinajstić information content (AvgIpc) is 2.91. The van der Waals surface area contributed by atoms with Crippen molar-refractivity contribution in [3.05, 3.63) is 48.3 Å². The zero-order chi connectivity index (χ0) is 15.5. The highest BCUT2D eigenvalue weighted by atomic mass is 16.4. The van der Waals surface area contributed by atoms with Crippen LogP contribution in [0.5, 0.6) is 0 Å². The van der Waals surface area contributed by atoms with E-state index in [-0.39, 0.29) is 12.5 Å². The second-order valence-corrected chi connectivity index (χ2v) is 5.26. The van der Waals surface area contributed by atoms with E-state index in [2.05, 4.69) is 10.4 Å². The number of nitrogens with zero attached hydrogens (tertiary/aromatic N) is 2. The third-order valence-corrected chi connectivity index (χ3v) is 3.29. The molecule has 1 amide bonds. The van der Waals surface area contributed by atoms with Gasteiger partial charge >= 0.3 is 5.97 Å². The van der Waals surface area contributed by atoms with Gasteiger partial charge in [-0.2, -0.15) is 5.10 Å². The Morgan fingerprint density at radius 3 is 2.48 bits per heavy atom. The Balaban J connectivity index is 2.02. The van der Waals surface area contributed by atoms with Gasteiger partial charge in [0.25, 0.3) is 0 Å². The smallest absolute Gasteiger partial charge is 0.313 e. The predicted octanol–water partition coefficient (Wildman–Crippen LogP) is 1.88. The van der Waals surface area contributed by atoms with Crippen LogP contribution in [0.4, 0.5) is 5.69 Å². The number of hydrogen-bond acceptors (Lipinski definition) is 3. The van der Waals surface area contributed by atoms with Crippen molar-refractivity contribution in [2.24, 2.45) is 0 Å². The standard InChI is InChI=1S/C15H17N3O3/c1-15(2,14(20)21)11-4-6-12(7-5-11)17-13(19)10-18-9-3-8-16-18/h3-9H,10H2,1-2H3,(H,17,19)(H,20,21). The first-order valence-corrected chi connectivity index (χ1v) is 6.51. The Morgan fingerprint density at radius 2 is 1.95 bits per heavy atom. The molecule has 2 aromatic rings. The molecule has 2 rings (SSSR count). The number of amides is 1. The number of hydrogen-bond donors (Lipinski definition) is 2. The summed E-state index contributed by atoms with van der Waals surface area (Å²) in [5.74, 6) is -1.08. The fourth-order valence-corrected chi connectivity index (χ4v) is 1.84. The van der Waals surface area contributed by atoms with Gasteiger partial charge in [0.05, 0.1) is 5.41 Å². The topological polar surface area (TPSA) is 84.2 Å². The molecule has 0 aliphatic heterocycles. The monoisotopic (exact) mass is 287 g/mol. The molecule has 21 heavy (non-hydrogen) atoms. The van der Waals surface area contributed by atoms with E-state index in [0.29, 0.717) is 11.3 Å². The van der Waals surface area contributed by atoms with Crippen LogP contribution in [0.2, 0.25) is 0 Å². The van der Waals surface area contributed by atoms with E-state index in [0.717, 1.165) is 0 Å². The van der Waals surface area contributed by atoms with Crippen LogP contribution in [0.25, 0.3) is 0 Å². The summed E-state index contributed by atoms with van der Waals surface area (Å²) >= 11 is 0. The van der Waals surface area contributed by atoms with E-state index in [1.165, 1.54) is 4.68 Å². The third-order valence-electron chi connectivity index (χ3n) is 3.29. The number of nitrogens with one attached hydrogen (secondary N) is 1. The summed E-state index contributed by atoms with van der Waals surface area (Å²) in [5, 5.41) is 15.9. The number of aromatic nitrogens is 2. The first-order chi connectivity index (χ1) is 9.89. The van der Waals surface area contributed by atoms with Crippen LogP contribution < -0.4 is 5.32 Å². The number of carboxylic acids is 1. The number of carbonyl (C=O) groups excluding carboxylic acids is 1. The van der Waals surface area contributed by atoms with Crippen LogP contribution >= 0.6 is 0 Å². The zero-order valence-corrected chi connectivity index (χ0v) is 11.9. The minimum atomic E-state index is -0.961. The Morgan fingerprint density at radius 1 is 1.29 bits per heavy atom. The van der Waals surface area contributed by atoms with Crippen molar-refractivity contribution in [3.63, 3.8) is 0 Å². The Hall–Kier alpha value is -2.63. The van der Waals surface area contributed by atoms with Crippen LogP contribution in [0.1, 0.15) is 19.4 Å². The van der Waals surface area contributed by atoms with Crippen molar-refractivity contribution in [3.8, 4) is 0 Å². The maximum atomic E-state index is 11.8. The lowest BCUT2D eigenvalue weighted by atomic mass is 9.85. The maximum absolute atomic E-state index is 11.8. The fraction of sp³-hybridized carbons (Fsp3) is 0.267. The van der Waals surface area contributed by atoms with Crippen molar-refractivity contribution >= 4 is 17.6 Å². The van der Waals surface area contributed by atoms with E-state index in [1.807, 2.05) is 0 Å². The number of benzene rings is 1. The van der Waals surface area contributed by atoms with Crippen LogP contribution in [0.3, 0.4) is 0 Å². The summed E-state index contributed by atoms with van der Waals surface area (Å²) in [4.78, 5) is 23.0. The summed E-state index contributed by atoms with van der Waals surface area (Å²) in [6.07, 6.45) is 3.31. The van der Waals surface area contributed by atoms with E-state index >= 15 is 0 Å². The quantitative estimate of drug-likeness (QED) is 0.879. The molecule has 2 N–H and O–H groups in total. The van der Waals surface area contributed by atoms with Crippen LogP contribution in [0.15, 0.2) is 42.7 Å². The van der Waals surface area contributed by atoms with E-state index in [4.69, 9.17) is 0 Å². The number of aliphatic carboxylic acids is 1.